The van der Waals surface area contributed by atoms with Gasteiger partial charge < -0.3 is 0 Å². The molecule has 1 saturated heterocycles. The monoisotopic (exact) mass is 140 g/mol. The Hall–Kier alpha value is 0.797. The molecule has 0 amide bonds. The smallest absolute Gasteiger partial charge is 0.146 e. The van der Waals surface area contributed by atoms with Gasteiger partial charge >= 0.3 is 0 Å². The molecule has 1 aliphatic rings. The predicted molar refractivity (Wildman–Crippen MR) is 31.7 cm³/mol. The molecular formula is C3H6Cl2Si. The molecule has 1 aliphatic heterocycles. The third-order valence-electron chi connectivity index (χ3n) is 1.09. The van der Waals surface area contributed by atoms with Crippen molar-refractivity contribution in [3.63, 3.8) is 0 Å². The van der Waals surface area contributed by atoms with E-state index in [1.807, 2.05) is 0 Å². The van der Waals surface area contributed by atoms with Crippen molar-refractivity contribution in [3.8, 4) is 0 Å². The van der Waals surface area contributed by atoms with Crippen LogP contribution in [0.1, 0.15) is 6.42 Å². The molecule has 0 aliphatic carbocycles. The molecule has 0 bridgehead atoms. The van der Waals surface area contributed by atoms with E-state index in [-0.39, 0.29) is 0 Å². The van der Waals surface area contributed by atoms with E-state index in [0.29, 0.717) is 0 Å². The largest absolute Gasteiger partial charge is 0.251 e. The average Bonchev–Trinajstić information content (AvgIpc) is 1.32. The van der Waals surface area contributed by atoms with E-state index in [0.717, 1.165) is 12.1 Å². The predicted octanol–water partition coefficient (Wildman–Crippen LogP) is 2.31. The van der Waals surface area contributed by atoms with Crippen molar-refractivity contribution in [2.45, 2.75) is 18.5 Å². The maximum atomic E-state index is 5.71. The molecular weight excluding hydrogens is 135 g/mol. The Balaban J connectivity index is 2.31. The standard InChI is InChI=1S/C3H6Cl2Si/c4-6(5)2-1-3-6/h1-3H2. The Morgan fingerprint density at radius 2 is 1.50 bits per heavy atom. The lowest BCUT2D eigenvalue weighted by Gasteiger charge is -2.24. The van der Waals surface area contributed by atoms with Crippen molar-refractivity contribution in [1.29, 1.82) is 0 Å². The summed E-state index contributed by atoms with van der Waals surface area (Å²) in [5, 5.41) is 0. The van der Waals surface area contributed by atoms with Gasteiger partial charge in [0.1, 0.15) is 0 Å². The van der Waals surface area contributed by atoms with Gasteiger partial charge in [-0.2, -0.15) is 0 Å². The number of halogens is 2. The highest BCUT2D eigenvalue weighted by atomic mass is 35.7. The van der Waals surface area contributed by atoms with Gasteiger partial charge in [-0.25, -0.2) is 0 Å². The Morgan fingerprint density at radius 3 is 1.50 bits per heavy atom. The minimum absolute atomic E-state index is 1.12. The zero-order valence-electron chi connectivity index (χ0n) is 3.38. The summed E-state index contributed by atoms with van der Waals surface area (Å²) < 4.78 is 0. The van der Waals surface area contributed by atoms with Gasteiger partial charge in [-0.05, 0) is 12.1 Å². The van der Waals surface area contributed by atoms with Crippen LogP contribution in [-0.4, -0.2) is 6.69 Å². The molecule has 0 aromatic carbocycles. The summed E-state index contributed by atoms with van der Waals surface area (Å²) in [5.41, 5.74) is 0. The normalized spacial score (nSPS) is 29.0. The lowest BCUT2D eigenvalue weighted by Crippen LogP contribution is -2.27. The zero-order valence-corrected chi connectivity index (χ0v) is 5.89. The van der Waals surface area contributed by atoms with Crippen molar-refractivity contribution < 1.29 is 0 Å². The molecule has 0 saturated carbocycles. The third-order valence-corrected chi connectivity index (χ3v) is 5.52. The van der Waals surface area contributed by atoms with Crippen LogP contribution in [-0.2, 0) is 0 Å². The topological polar surface area (TPSA) is 0 Å². The van der Waals surface area contributed by atoms with Gasteiger partial charge in [0, 0.05) is 0 Å². The van der Waals surface area contributed by atoms with Gasteiger partial charge in [-0.3, -0.25) is 0 Å². The Morgan fingerprint density at radius 1 is 1.17 bits per heavy atom. The molecule has 0 spiro atoms. The Kier molecular flexibility index (Phi) is 1.15. The molecule has 3 heteroatoms. The van der Waals surface area contributed by atoms with Crippen LogP contribution in [0, 0.1) is 0 Å². The average molecular weight is 141 g/mol. The fraction of sp³-hybridized carbons (Fsp3) is 1.00. The van der Waals surface area contributed by atoms with E-state index in [9.17, 15) is 0 Å². The highest BCUT2D eigenvalue weighted by Crippen LogP contribution is 2.38. The second kappa shape index (κ2) is 1.39. The highest BCUT2D eigenvalue weighted by molar-refractivity contribution is 7.46. The van der Waals surface area contributed by atoms with Crippen molar-refractivity contribution in [2.75, 3.05) is 0 Å². The fourth-order valence-electron chi connectivity index (χ4n) is 0.444. The maximum absolute atomic E-state index is 5.71. The van der Waals surface area contributed by atoms with E-state index in [2.05, 4.69) is 0 Å². The fourth-order valence-corrected chi connectivity index (χ4v) is 2.94. The summed E-state index contributed by atoms with van der Waals surface area (Å²) in [7, 11) is 0. The van der Waals surface area contributed by atoms with Crippen molar-refractivity contribution in [3.05, 3.63) is 0 Å². The van der Waals surface area contributed by atoms with Crippen molar-refractivity contribution in [1.82, 2.24) is 0 Å². The third kappa shape index (κ3) is 0.894. The Labute approximate surface area is 47.9 Å². The SMILES string of the molecule is Cl[Si]1(Cl)CCC1. The maximum Gasteiger partial charge on any atom is 0.251 e. The molecule has 1 heterocycles. The van der Waals surface area contributed by atoms with E-state index < -0.39 is 6.69 Å². The quantitative estimate of drug-likeness (QED) is 0.358. The molecule has 0 nitrogen and oxygen atoms in total. The van der Waals surface area contributed by atoms with Gasteiger partial charge in [0.15, 0.2) is 0 Å². The molecule has 0 atom stereocenters. The summed E-state index contributed by atoms with van der Waals surface area (Å²) >= 11 is 11.4. The first-order chi connectivity index (χ1) is 2.71. The van der Waals surface area contributed by atoms with Crippen LogP contribution in [0.25, 0.3) is 0 Å². The Bertz CT molecular complexity index is 55.8. The van der Waals surface area contributed by atoms with E-state index in [1.165, 1.54) is 6.42 Å². The van der Waals surface area contributed by atoms with Gasteiger partial charge in [0.2, 0.25) is 0 Å². The summed E-state index contributed by atoms with van der Waals surface area (Å²) in [5.74, 6) is 0. The first kappa shape index (κ1) is 4.94. The minimum atomic E-state index is -1.51. The van der Waals surface area contributed by atoms with Crippen molar-refractivity contribution in [2.24, 2.45) is 0 Å². The van der Waals surface area contributed by atoms with Gasteiger partial charge in [-0.1, -0.05) is 6.42 Å². The van der Waals surface area contributed by atoms with Gasteiger partial charge in [0.25, 0.3) is 6.69 Å². The summed E-state index contributed by atoms with van der Waals surface area (Å²) in [6.45, 7) is -1.51. The van der Waals surface area contributed by atoms with Crippen molar-refractivity contribution >= 4 is 28.9 Å². The van der Waals surface area contributed by atoms with Gasteiger partial charge in [-0.15, -0.1) is 22.2 Å². The number of hydrogen-bond donors (Lipinski definition) is 0. The second-order valence-corrected chi connectivity index (χ2v) is 9.34. The van der Waals surface area contributed by atoms with Crippen LogP contribution in [0.5, 0.6) is 0 Å². The summed E-state index contributed by atoms with van der Waals surface area (Å²) in [4.78, 5) is 0. The molecule has 6 heavy (non-hydrogen) atoms. The molecule has 0 aromatic heterocycles. The van der Waals surface area contributed by atoms with Gasteiger partial charge in [0.05, 0.1) is 0 Å². The van der Waals surface area contributed by atoms with Crippen LogP contribution in [0.15, 0.2) is 0 Å². The molecule has 0 aromatic rings. The molecule has 0 N–H and O–H groups in total. The molecule has 36 valence electrons. The lowest BCUT2D eigenvalue weighted by molar-refractivity contribution is 0.951. The van der Waals surface area contributed by atoms with E-state index in [1.54, 1.807) is 0 Å². The first-order valence-corrected chi connectivity index (χ1v) is 6.52. The second-order valence-electron chi connectivity index (χ2n) is 1.71. The van der Waals surface area contributed by atoms with Crippen LogP contribution < -0.4 is 0 Å². The number of hydrogen-bond acceptors (Lipinski definition) is 0. The highest BCUT2D eigenvalue weighted by Gasteiger charge is 2.35. The van der Waals surface area contributed by atoms with Crippen LogP contribution in [0.4, 0.5) is 0 Å². The minimum Gasteiger partial charge on any atom is -0.146 e. The summed E-state index contributed by atoms with van der Waals surface area (Å²) in [6.07, 6.45) is 1.26. The molecule has 0 radical (unpaired) electrons. The van der Waals surface area contributed by atoms with E-state index >= 15 is 0 Å². The molecule has 1 fully saturated rings. The molecule has 1 rings (SSSR count). The molecule has 0 unspecified atom stereocenters. The first-order valence-electron chi connectivity index (χ1n) is 2.09. The summed E-state index contributed by atoms with van der Waals surface area (Å²) in [6, 6.07) is 2.24. The zero-order chi connectivity index (χ0) is 4.62. The lowest BCUT2D eigenvalue weighted by atomic mass is 10.5. The van der Waals surface area contributed by atoms with Crippen LogP contribution >= 0.6 is 22.2 Å². The van der Waals surface area contributed by atoms with E-state index in [4.69, 9.17) is 22.2 Å². The number of rotatable bonds is 0. The van der Waals surface area contributed by atoms with Crippen LogP contribution in [0.2, 0.25) is 12.1 Å². The van der Waals surface area contributed by atoms with Crippen LogP contribution in [0.3, 0.4) is 0 Å².